The van der Waals surface area contributed by atoms with Crippen molar-refractivity contribution in [2.75, 3.05) is 13.1 Å². The van der Waals surface area contributed by atoms with E-state index in [9.17, 15) is 0 Å². The van der Waals surface area contributed by atoms with Gasteiger partial charge in [-0.25, -0.2) is 0 Å². The molecule has 0 amide bonds. The average Bonchev–Trinajstić information content (AvgIpc) is 2.90. The number of nitrogens with one attached hydrogen (secondary N) is 2. The Morgan fingerprint density at radius 2 is 2.38 bits per heavy atom. The second-order valence-electron chi connectivity index (χ2n) is 4.45. The molecule has 1 aromatic heterocycles. The minimum absolute atomic E-state index is 0.640. The monoisotopic (exact) mass is 235 g/mol. The molecule has 1 unspecified atom stereocenters. The summed E-state index contributed by atoms with van der Waals surface area (Å²) >= 11 is 6.03. The highest BCUT2D eigenvalue weighted by Crippen LogP contribution is 2.23. The quantitative estimate of drug-likeness (QED) is 0.839. The van der Waals surface area contributed by atoms with Gasteiger partial charge in [-0.2, -0.15) is 5.10 Å². The van der Waals surface area contributed by atoms with E-state index >= 15 is 0 Å². The molecular formula is C12H14ClN3. The Morgan fingerprint density at radius 1 is 1.44 bits per heavy atom. The molecule has 16 heavy (non-hydrogen) atoms. The Hall–Kier alpha value is -1.06. The summed E-state index contributed by atoms with van der Waals surface area (Å²) in [6.07, 6.45) is 2.40. The third kappa shape index (κ3) is 1.81. The van der Waals surface area contributed by atoms with Crippen molar-refractivity contribution in [3.63, 3.8) is 0 Å². The van der Waals surface area contributed by atoms with Crippen LogP contribution < -0.4 is 5.32 Å². The normalized spacial score (nSPS) is 20.7. The van der Waals surface area contributed by atoms with E-state index in [4.69, 9.17) is 11.6 Å². The van der Waals surface area contributed by atoms with E-state index in [1.54, 1.807) is 0 Å². The smallest absolute Gasteiger partial charge is 0.132 e. The highest BCUT2D eigenvalue weighted by atomic mass is 35.5. The number of halogens is 1. The van der Waals surface area contributed by atoms with Crippen LogP contribution in [0.2, 0.25) is 5.15 Å². The van der Waals surface area contributed by atoms with Crippen molar-refractivity contribution in [3.8, 4) is 0 Å². The topological polar surface area (TPSA) is 40.7 Å². The highest BCUT2D eigenvalue weighted by molar-refractivity contribution is 6.34. The van der Waals surface area contributed by atoms with Gasteiger partial charge < -0.3 is 5.32 Å². The Bertz CT molecular complexity index is 500. The number of rotatable bonds is 2. The third-order valence-corrected chi connectivity index (χ3v) is 3.55. The summed E-state index contributed by atoms with van der Waals surface area (Å²) in [4.78, 5) is 0. The summed E-state index contributed by atoms with van der Waals surface area (Å²) in [7, 11) is 0. The molecule has 84 valence electrons. The lowest BCUT2D eigenvalue weighted by molar-refractivity contribution is 0.580. The van der Waals surface area contributed by atoms with Crippen molar-refractivity contribution in [2.24, 2.45) is 5.92 Å². The van der Waals surface area contributed by atoms with Crippen LogP contribution in [0.4, 0.5) is 0 Å². The molecule has 0 spiro atoms. The SMILES string of the molecule is Clc1[nH]nc2ccc(CC3CCNC3)cc12. The molecule has 1 fully saturated rings. The van der Waals surface area contributed by atoms with Crippen molar-refractivity contribution in [1.82, 2.24) is 15.5 Å². The second-order valence-corrected chi connectivity index (χ2v) is 4.83. The summed E-state index contributed by atoms with van der Waals surface area (Å²) in [6.45, 7) is 2.29. The first-order chi connectivity index (χ1) is 7.83. The molecule has 2 N–H and O–H groups in total. The van der Waals surface area contributed by atoms with Gasteiger partial charge in [0.25, 0.3) is 0 Å². The van der Waals surface area contributed by atoms with Crippen LogP contribution in [0.3, 0.4) is 0 Å². The largest absolute Gasteiger partial charge is 0.316 e. The number of aromatic amines is 1. The number of benzene rings is 1. The molecule has 0 aliphatic carbocycles. The maximum Gasteiger partial charge on any atom is 0.132 e. The molecule has 4 heteroatoms. The zero-order valence-corrected chi connectivity index (χ0v) is 9.72. The van der Waals surface area contributed by atoms with Crippen molar-refractivity contribution >= 4 is 22.5 Å². The van der Waals surface area contributed by atoms with Crippen LogP contribution in [0.25, 0.3) is 10.9 Å². The summed E-state index contributed by atoms with van der Waals surface area (Å²) < 4.78 is 0. The lowest BCUT2D eigenvalue weighted by Crippen LogP contribution is -2.10. The molecule has 1 aliphatic rings. The molecule has 1 aromatic carbocycles. The van der Waals surface area contributed by atoms with Crippen molar-refractivity contribution in [2.45, 2.75) is 12.8 Å². The molecule has 3 rings (SSSR count). The molecule has 1 atom stereocenters. The highest BCUT2D eigenvalue weighted by Gasteiger charge is 2.15. The van der Waals surface area contributed by atoms with Crippen LogP contribution in [0.5, 0.6) is 0 Å². The van der Waals surface area contributed by atoms with Crippen molar-refractivity contribution in [1.29, 1.82) is 0 Å². The first-order valence-corrected chi connectivity index (χ1v) is 6.04. The summed E-state index contributed by atoms with van der Waals surface area (Å²) in [6, 6.07) is 6.34. The van der Waals surface area contributed by atoms with E-state index in [2.05, 4.69) is 27.6 Å². The fourth-order valence-corrected chi connectivity index (χ4v) is 2.57. The lowest BCUT2D eigenvalue weighted by atomic mass is 9.98. The van der Waals surface area contributed by atoms with E-state index in [0.29, 0.717) is 5.15 Å². The van der Waals surface area contributed by atoms with Crippen LogP contribution in [0.15, 0.2) is 18.2 Å². The minimum Gasteiger partial charge on any atom is -0.316 e. The van der Waals surface area contributed by atoms with Gasteiger partial charge in [-0.15, -0.1) is 0 Å². The fraction of sp³-hybridized carbons (Fsp3) is 0.417. The van der Waals surface area contributed by atoms with E-state index < -0.39 is 0 Å². The predicted octanol–water partition coefficient (Wildman–Crippen LogP) is 2.37. The van der Waals surface area contributed by atoms with Gasteiger partial charge in [0.15, 0.2) is 0 Å². The molecule has 0 radical (unpaired) electrons. The van der Waals surface area contributed by atoms with Crippen molar-refractivity contribution in [3.05, 3.63) is 28.9 Å². The van der Waals surface area contributed by atoms with Gasteiger partial charge in [-0.05, 0) is 49.5 Å². The number of nitrogens with zero attached hydrogens (tertiary/aromatic N) is 1. The van der Waals surface area contributed by atoms with Gasteiger partial charge in [-0.1, -0.05) is 17.7 Å². The summed E-state index contributed by atoms with van der Waals surface area (Å²) in [5, 5.41) is 12.0. The number of hydrogen-bond donors (Lipinski definition) is 2. The first-order valence-electron chi connectivity index (χ1n) is 5.66. The number of fused-ring (bicyclic) bond motifs is 1. The molecule has 3 nitrogen and oxygen atoms in total. The molecule has 0 saturated carbocycles. The van der Waals surface area contributed by atoms with Gasteiger partial charge in [0.2, 0.25) is 0 Å². The molecule has 1 aliphatic heterocycles. The zero-order chi connectivity index (χ0) is 11.0. The number of aromatic nitrogens is 2. The van der Waals surface area contributed by atoms with Crippen molar-refractivity contribution < 1.29 is 0 Å². The number of H-pyrrole nitrogens is 1. The fourth-order valence-electron chi connectivity index (χ4n) is 2.37. The minimum atomic E-state index is 0.640. The summed E-state index contributed by atoms with van der Waals surface area (Å²) in [5.41, 5.74) is 2.29. The van der Waals surface area contributed by atoms with Gasteiger partial charge in [0.1, 0.15) is 5.15 Å². The van der Waals surface area contributed by atoms with Crippen LogP contribution in [0, 0.1) is 5.92 Å². The van der Waals surface area contributed by atoms with E-state index in [0.717, 1.165) is 36.3 Å². The maximum atomic E-state index is 6.03. The van der Waals surface area contributed by atoms with Gasteiger partial charge in [-0.3, -0.25) is 5.10 Å². The third-order valence-electron chi connectivity index (χ3n) is 3.26. The van der Waals surface area contributed by atoms with E-state index in [1.807, 2.05) is 6.07 Å². The van der Waals surface area contributed by atoms with E-state index in [1.165, 1.54) is 12.0 Å². The second kappa shape index (κ2) is 4.07. The van der Waals surface area contributed by atoms with Crippen LogP contribution >= 0.6 is 11.6 Å². The lowest BCUT2D eigenvalue weighted by Gasteiger charge is -2.07. The Kier molecular flexibility index (Phi) is 2.58. The van der Waals surface area contributed by atoms with Crippen LogP contribution in [-0.2, 0) is 6.42 Å². The predicted molar refractivity (Wildman–Crippen MR) is 65.8 cm³/mol. The van der Waals surface area contributed by atoms with Gasteiger partial charge in [0, 0.05) is 5.39 Å². The molecule has 0 bridgehead atoms. The van der Waals surface area contributed by atoms with Crippen LogP contribution in [0.1, 0.15) is 12.0 Å². The van der Waals surface area contributed by atoms with Crippen LogP contribution in [-0.4, -0.2) is 23.3 Å². The van der Waals surface area contributed by atoms with Gasteiger partial charge in [0.05, 0.1) is 5.52 Å². The van der Waals surface area contributed by atoms with E-state index in [-0.39, 0.29) is 0 Å². The Morgan fingerprint density at radius 3 is 3.19 bits per heavy atom. The number of hydrogen-bond acceptors (Lipinski definition) is 2. The maximum absolute atomic E-state index is 6.03. The molecule has 2 heterocycles. The standard InChI is InChI=1S/C12H14ClN3/c13-12-10-6-8(1-2-11(10)15-16-12)5-9-3-4-14-7-9/h1-2,6,9,14H,3-5,7H2,(H,15,16). The summed E-state index contributed by atoms with van der Waals surface area (Å²) in [5.74, 6) is 0.767. The molecule has 2 aromatic rings. The first kappa shape index (κ1) is 10.1. The molecular weight excluding hydrogens is 222 g/mol. The Balaban J connectivity index is 1.88. The Labute approximate surface area is 99.2 Å². The molecule has 1 saturated heterocycles. The zero-order valence-electron chi connectivity index (χ0n) is 8.96. The average molecular weight is 236 g/mol. The van der Waals surface area contributed by atoms with Gasteiger partial charge >= 0.3 is 0 Å².